The van der Waals surface area contributed by atoms with Crippen molar-refractivity contribution in [1.29, 1.82) is 0 Å². The molecule has 1 aliphatic carbocycles. The third-order valence-corrected chi connectivity index (χ3v) is 3.49. The van der Waals surface area contributed by atoms with Crippen LogP contribution < -0.4 is 5.32 Å². The number of ether oxygens (including phenoxy) is 2. The molecule has 1 amide bonds. The lowest BCUT2D eigenvalue weighted by molar-refractivity contribution is -0.146. The highest BCUT2D eigenvalue weighted by atomic mass is 16.6. The number of carbonyl (C=O) groups excluding carboxylic acids is 3. The van der Waals surface area contributed by atoms with Crippen molar-refractivity contribution in [2.24, 2.45) is 5.92 Å². The Morgan fingerprint density at radius 2 is 1.86 bits per heavy atom. The maximum absolute atomic E-state index is 12.0. The molecular formula is C16H27NO5. The molecule has 1 aliphatic rings. The Morgan fingerprint density at radius 3 is 2.36 bits per heavy atom. The van der Waals surface area contributed by atoms with Crippen LogP contribution in [0, 0.1) is 5.92 Å². The van der Waals surface area contributed by atoms with Crippen molar-refractivity contribution in [3.05, 3.63) is 0 Å². The third kappa shape index (κ3) is 6.91. The highest BCUT2D eigenvalue weighted by Gasteiger charge is 2.29. The summed E-state index contributed by atoms with van der Waals surface area (Å²) in [6.45, 7) is 7.27. The van der Waals surface area contributed by atoms with Gasteiger partial charge in [-0.25, -0.2) is 9.59 Å². The van der Waals surface area contributed by atoms with Crippen molar-refractivity contribution in [2.75, 3.05) is 6.61 Å². The van der Waals surface area contributed by atoms with E-state index in [0.29, 0.717) is 19.3 Å². The number of amides is 1. The molecule has 22 heavy (non-hydrogen) atoms. The Bertz CT molecular complexity index is 403. The third-order valence-electron chi connectivity index (χ3n) is 3.49. The molecule has 0 aromatic carbocycles. The van der Waals surface area contributed by atoms with Crippen molar-refractivity contribution in [3.8, 4) is 0 Å². The van der Waals surface area contributed by atoms with Crippen LogP contribution in [0.3, 0.4) is 0 Å². The molecule has 1 rings (SSSR count). The second-order valence-electron chi connectivity index (χ2n) is 6.67. The van der Waals surface area contributed by atoms with Crippen LogP contribution in [0.2, 0.25) is 0 Å². The van der Waals surface area contributed by atoms with Gasteiger partial charge in [-0.1, -0.05) is 0 Å². The lowest BCUT2D eigenvalue weighted by Gasteiger charge is -2.27. The van der Waals surface area contributed by atoms with Gasteiger partial charge in [-0.05, 0) is 52.9 Å². The average molecular weight is 313 g/mol. The lowest BCUT2D eigenvalue weighted by Crippen LogP contribution is -2.45. The molecule has 6 heteroatoms. The fraction of sp³-hybridized carbons (Fsp3) is 0.812. The molecule has 1 fully saturated rings. The Morgan fingerprint density at radius 1 is 1.27 bits per heavy atom. The van der Waals surface area contributed by atoms with Crippen LogP contribution in [-0.4, -0.2) is 36.1 Å². The molecule has 0 radical (unpaired) electrons. The number of hydrogen-bond donors (Lipinski definition) is 1. The molecule has 1 N–H and O–H groups in total. The fourth-order valence-electron chi connectivity index (χ4n) is 2.48. The maximum Gasteiger partial charge on any atom is 0.408 e. The number of ketones is 1. The van der Waals surface area contributed by atoms with Gasteiger partial charge in [0.05, 0.1) is 6.61 Å². The predicted octanol–water partition coefficient (Wildman–Crippen LogP) is 2.59. The number of alkyl carbamates (subject to hydrolysis) is 1. The molecule has 0 heterocycles. The number of carbonyl (C=O) groups is 3. The van der Waals surface area contributed by atoms with E-state index in [0.717, 1.165) is 12.8 Å². The molecule has 1 atom stereocenters. The van der Waals surface area contributed by atoms with E-state index in [9.17, 15) is 14.4 Å². The fourth-order valence-corrected chi connectivity index (χ4v) is 2.48. The monoisotopic (exact) mass is 313 g/mol. The smallest absolute Gasteiger partial charge is 0.408 e. The van der Waals surface area contributed by atoms with Crippen LogP contribution in [0.4, 0.5) is 4.79 Å². The highest BCUT2D eigenvalue weighted by molar-refractivity contribution is 5.81. The van der Waals surface area contributed by atoms with E-state index < -0.39 is 23.7 Å². The first kappa shape index (κ1) is 18.5. The van der Waals surface area contributed by atoms with Crippen molar-refractivity contribution < 1.29 is 23.9 Å². The van der Waals surface area contributed by atoms with Crippen molar-refractivity contribution in [2.45, 2.75) is 71.4 Å². The summed E-state index contributed by atoms with van der Waals surface area (Å²) in [6.07, 6.45) is 2.46. The van der Waals surface area contributed by atoms with Crippen molar-refractivity contribution >= 4 is 17.8 Å². The highest BCUT2D eigenvalue weighted by Crippen LogP contribution is 2.26. The summed E-state index contributed by atoms with van der Waals surface area (Å²) in [5.74, 6) is 0.0522. The molecule has 0 aliphatic heterocycles. The molecule has 126 valence electrons. The van der Waals surface area contributed by atoms with Gasteiger partial charge < -0.3 is 14.8 Å². The molecule has 0 aromatic rings. The molecule has 1 saturated carbocycles. The molecule has 0 spiro atoms. The van der Waals surface area contributed by atoms with Gasteiger partial charge in [-0.2, -0.15) is 0 Å². The minimum absolute atomic E-state index is 0.238. The Hall–Kier alpha value is -1.59. The Kier molecular flexibility index (Phi) is 6.84. The van der Waals surface area contributed by atoms with Gasteiger partial charge in [-0.3, -0.25) is 4.79 Å². The zero-order valence-electron chi connectivity index (χ0n) is 13.9. The molecular weight excluding hydrogens is 286 g/mol. The quantitative estimate of drug-likeness (QED) is 0.789. The van der Waals surface area contributed by atoms with Gasteiger partial charge in [-0.15, -0.1) is 0 Å². The summed E-state index contributed by atoms with van der Waals surface area (Å²) in [5, 5.41) is 2.60. The lowest BCUT2D eigenvalue weighted by atomic mass is 9.84. The molecule has 0 bridgehead atoms. The number of esters is 1. The van der Waals surface area contributed by atoms with E-state index >= 15 is 0 Å². The van der Waals surface area contributed by atoms with Gasteiger partial charge in [0.1, 0.15) is 17.4 Å². The predicted molar refractivity (Wildman–Crippen MR) is 81.4 cm³/mol. The van der Waals surface area contributed by atoms with Crippen LogP contribution in [-0.2, 0) is 19.1 Å². The summed E-state index contributed by atoms with van der Waals surface area (Å²) < 4.78 is 10.2. The molecule has 0 aromatic heterocycles. The van der Waals surface area contributed by atoms with Crippen molar-refractivity contribution in [3.63, 3.8) is 0 Å². The van der Waals surface area contributed by atoms with Crippen LogP contribution in [0.5, 0.6) is 0 Å². The zero-order chi connectivity index (χ0) is 16.8. The maximum atomic E-state index is 12.0. The van der Waals surface area contributed by atoms with E-state index in [1.54, 1.807) is 27.7 Å². The van der Waals surface area contributed by atoms with Gasteiger partial charge in [0.2, 0.25) is 0 Å². The van der Waals surface area contributed by atoms with E-state index in [2.05, 4.69) is 5.32 Å². The summed E-state index contributed by atoms with van der Waals surface area (Å²) in [6, 6.07) is -0.729. The average Bonchev–Trinajstić information content (AvgIpc) is 2.38. The first-order valence-corrected chi connectivity index (χ1v) is 7.89. The zero-order valence-corrected chi connectivity index (χ0v) is 13.9. The van der Waals surface area contributed by atoms with Crippen molar-refractivity contribution in [1.82, 2.24) is 5.32 Å². The summed E-state index contributed by atoms with van der Waals surface area (Å²) in [5.41, 5.74) is -0.624. The molecule has 6 nitrogen and oxygen atoms in total. The largest absolute Gasteiger partial charge is 0.464 e. The Balaban J connectivity index is 2.61. The molecule has 0 unspecified atom stereocenters. The second-order valence-corrected chi connectivity index (χ2v) is 6.67. The number of nitrogens with one attached hydrogen (secondary N) is 1. The number of Topliss-reactive ketones (excluding diaryl/α,β-unsaturated/α-hetero) is 1. The summed E-state index contributed by atoms with van der Waals surface area (Å²) in [7, 11) is 0. The number of rotatable bonds is 5. The van der Waals surface area contributed by atoms with E-state index in [1.165, 1.54) is 0 Å². The van der Waals surface area contributed by atoms with E-state index in [1.807, 2.05) is 0 Å². The summed E-state index contributed by atoms with van der Waals surface area (Å²) in [4.78, 5) is 35.2. The molecule has 0 saturated heterocycles. The standard InChI is InChI=1S/C16H27NO5/c1-5-21-14(19)13(17-15(20)22-16(2,3)4)10-11-6-8-12(18)9-7-11/h11,13H,5-10H2,1-4H3,(H,17,20)/t13-/m0/s1. The Labute approximate surface area is 131 Å². The van der Waals surface area contributed by atoms with E-state index in [4.69, 9.17) is 9.47 Å². The van der Waals surface area contributed by atoms with E-state index in [-0.39, 0.29) is 18.3 Å². The minimum atomic E-state index is -0.729. The number of hydrogen-bond acceptors (Lipinski definition) is 5. The van der Waals surface area contributed by atoms with Gasteiger partial charge >= 0.3 is 12.1 Å². The summed E-state index contributed by atoms with van der Waals surface area (Å²) >= 11 is 0. The van der Waals surface area contributed by atoms with Gasteiger partial charge in [0.25, 0.3) is 0 Å². The second kappa shape index (κ2) is 8.15. The van der Waals surface area contributed by atoms with Crippen LogP contribution in [0.1, 0.15) is 59.8 Å². The van der Waals surface area contributed by atoms with Gasteiger partial charge in [0, 0.05) is 12.8 Å². The minimum Gasteiger partial charge on any atom is -0.464 e. The van der Waals surface area contributed by atoms with Gasteiger partial charge in [0.15, 0.2) is 0 Å². The van der Waals surface area contributed by atoms with Crippen LogP contribution in [0.15, 0.2) is 0 Å². The first-order valence-electron chi connectivity index (χ1n) is 7.89. The normalized spacial score (nSPS) is 17.7. The topological polar surface area (TPSA) is 81.7 Å². The van der Waals surface area contributed by atoms with Crippen LogP contribution in [0.25, 0.3) is 0 Å². The first-order chi connectivity index (χ1) is 10.2. The van der Waals surface area contributed by atoms with Crippen LogP contribution >= 0.6 is 0 Å². The SMILES string of the molecule is CCOC(=O)[C@H](CC1CCC(=O)CC1)NC(=O)OC(C)(C)C.